The molecule has 8 nitrogen and oxygen atoms in total. The highest BCUT2D eigenvalue weighted by Crippen LogP contribution is 2.17. The van der Waals surface area contributed by atoms with Gasteiger partial charge in [0, 0.05) is 0 Å². The summed E-state index contributed by atoms with van der Waals surface area (Å²) in [6.45, 7) is 3.36. The summed E-state index contributed by atoms with van der Waals surface area (Å²) in [5.41, 5.74) is 7.45. The van der Waals surface area contributed by atoms with Crippen LogP contribution in [0.15, 0.2) is 58.7 Å². The lowest BCUT2D eigenvalue weighted by Gasteiger charge is -2.14. The molecule has 0 aliphatic rings. The van der Waals surface area contributed by atoms with Gasteiger partial charge in [-0.05, 0) is 49.2 Å². The molecule has 0 aliphatic heterocycles. The van der Waals surface area contributed by atoms with E-state index in [0.717, 1.165) is 11.1 Å². The number of hydrazone groups is 2. The van der Waals surface area contributed by atoms with E-state index in [-0.39, 0.29) is 11.8 Å². The number of benzene rings is 2. The van der Waals surface area contributed by atoms with Crippen LogP contribution in [0.1, 0.15) is 36.1 Å². The molecule has 0 bridgehead atoms. The van der Waals surface area contributed by atoms with E-state index in [4.69, 9.17) is 10.5 Å². The number of rotatable bonds is 8. The van der Waals surface area contributed by atoms with Gasteiger partial charge in [0.1, 0.15) is 0 Å². The van der Waals surface area contributed by atoms with Crippen LogP contribution in [0.2, 0.25) is 0 Å². The monoisotopic (exact) mass is 432 g/mol. The lowest BCUT2D eigenvalue weighted by atomic mass is 10.2. The molecule has 156 valence electrons. The minimum Gasteiger partial charge on any atom is -0.272 e. The Kier molecular flexibility index (Phi) is 8.96. The number of carbonyl (C=O) groups is 2. The Hall–Kier alpha value is -3.95. The van der Waals surface area contributed by atoms with E-state index < -0.39 is 10.5 Å². The van der Waals surface area contributed by atoms with Gasteiger partial charge in [-0.3, -0.25) is 9.59 Å². The van der Waals surface area contributed by atoms with Crippen molar-refractivity contribution in [1.82, 2.24) is 10.9 Å². The lowest BCUT2D eigenvalue weighted by Crippen LogP contribution is -2.33. The molecule has 0 saturated carbocycles. The Labute approximate surface area is 184 Å². The first kappa shape index (κ1) is 23.3. The number of nitrogens with zero attached hydrogens (tertiary/aromatic N) is 4. The van der Waals surface area contributed by atoms with Gasteiger partial charge in [-0.25, -0.2) is 10.9 Å². The summed E-state index contributed by atoms with van der Waals surface area (Å²) >= 11 is 1.17. The first-order chi connectivity index (χ1) is 14.9. The third kappa shape index (κ3) is 7.77. The minimum atomic E-state index is -0.513. The summed E-state index contributed by atoms with van der Waals surface area (Å²) in [5, 5.41) is 24.3. The molecule has 2 rings (SSSR count). The van der Waals surface area contributed by atoms with Crippen LogP contribution in [0.25, 0.3) is 0 Å². The molecule has 31 heavy (non-hydrogen) atoms. The number of hydrogen-bond acceptors (Lipinski definition) is 7. The van der Waals surface area contributed by atoms with Crippen LogP contribution in [-0.4, -0.2) is 34.7 Å². The zero-order valence-corrected chi connectivity index (χ0v) is 17.8. The van der Waals surface area contributed by atoms with Crippen LogP contribution in [0.4, 0.5) is 0 Å². The molecule has 2 aromatic rings. The number of carbonyl (C=O) groups excluding carboxylic acids is 2. The van der Waals surface area contributed by atoms with Crippen molar-refractivity contribution in [2.75, 3.05) is 0 Å². The van der Waals surface area contributed by atoms with Crippen molar-refractivity contribution in [3.63, 3.8) is 0 Å². The van der Waals surface area contributed by atoms with Crippen LogP contribution in [0.3, 0.4) is 0 Å². The fraction of sp³-hybridized carbons (Fsp3) is 0.182. The smallest absolute Gasteiger partial charge is 0.252 e. The second-order valence-electron chi connectivity index (χ2n) is 6.36. The van der Waals surface area contributed by atoms with Crippen molar-refractivity contribution in [2.24, 2.45) is 10.2 Å². The third-order valence-corrected chi connectivity index (χ3v) is 5.25. The van der Waals surface area contributed by atoms with Crippen molar-refractivity contribution in [3.8, 4) is 12.1 Å². The number of thioether (sulfide) groups is 1. The van der Waals surface area contributed by atoms with Gasteiger partial charge in [0.2, 0.25) is 0 Å². The van der Waals surface area contributed by atoms with Gasteiger partial charge >= 0.3 is 0 Å². The Morgan fingerprint density at radius 2 is 1.16 bits per heavy atom. The third-order valence-electron chi connectivity index (χ3n) is 4.00. The molecule has 0 aliphatic carbocycles. The Balaban J connectivity index is 1.77. The molecule has 2 N–H and O–H groups in total. The van der Waals surface area contributed by atoms with E-state index in [0.29, 0.717) is 11.1 Å². The standard InChI is InChI=1S/C22H20N6O2S/c1-15(21(29)27-25-13-19-7-3-17(11-23)4-8-19)31-16(2)22(30)28-26-14-20-9-5-18(12-24)6-10-20/h3-10,13-16H,1-2H3,(H,27,29)(H,28,30)/b25-13-,26-14+/t15-,16-/m0/s1. The normalized spacial score (nSPS) is 12.6. The number of nitrogens with one attached hydrogen (secondary N) is 2. The number of hydrogen-bond donors (Lipinski definition) is 2. The van der Waals surface area contributed by atoms with Crippen molar-refractivity contribution < 1.29 is 9.59 Å². The average Bonchev–Trinajstić information content (AvgIpc) is 2.79. The van der Waals surface area contributed by atoms with Crippen molar-refractivity contribution in [1.29, 1.82) is 10.5 Å². The summed E-state index contributed by atoms with van der Waals surface area (Å²) in [6, 6.07) is 17.6. The molecule has 2 atom stereocenters. The molecular weight excluding hydrogens is 412 g/mol. The van der Waals surface area contributed by atoms with Crippen molar-refractivity contribution in [3.05, 3.63) is 70.8 Å². The molecule has 0 unspecified atom stereocenters. The van der Waals surface area contributed by atoms with Crippen LogP contribution < -0.4 is 10.9 Å². The quantitative estimate of drug-likeness (QED) is 0.489. The number of amides is 2. The maximum atomic E-state index is 12.2. The van der Waals surface area contributed by atoms with Crippen LogP contribution in [0.5, 0.6) is 0 Å². The number of nitriles is 2. The highest BCUT2D eigenvalue weighted by atomic mass is 32.2. The summed E-state index contributed by atoms with van der Waals surface area (Å²) in [4.78, 5) is 24.3. The van der Waals surface area contributed by atoms with Gasteiger partial charge < -0.3 is 0 Å². The summed E-state index contributed by atoms with van der Waals surface area (Å²) in [5.74, 6) is -0.675. The maximum absolute atomic E-state index is 12.2. The second-order valence-corrected chi connectivity index (χ2v) is 8.04. The summed E-state index contributed by atoms with van der Waals surface area (Å²) in [7, 11) is 0. The molecule has 0 fully saturated rings. The average molecular weight is 433 g/mol. The second kappa shape index (κ2) is 11.9. The van der Waals surface area contributed by atoms with Crippen LogP contribution >= 0.6 is 11.8 Å². The van der Waals surface area contributed by atoms with Gasteiger partial charge in [-0.1, -0.05) is 24.3 Å². The van der Waals surface area contributed by atoms with Gasteiger partial charge in [-0.2, -0.15) is 20.7 Å². The molecule has 0 radical (unpaired) electrons. The topological polar surface area (TPSA) is 130 Å². The van der Waals surface area contributed by atoms with Crippen LogP contribution in [0, 0.1) is 22.7 Å². The Bertz CT molecular complexity index is 964. The Morgan fingerprint density at radius 3 is 1.48 bits per heavy atom. The fourth-order valence-electron chi connectivity index (χ4n) is 2.24. The van der Waals surface area contributed by atoms with Crippen molar-refractivity contribution in [2.45, 2.75) is 24.3 Å². The molecule has 2 aromatic carbocycles. The van der Waals surface area contributed by atoms with E-state index >= 15 is 0 Å². The maximum Gasteiger partial charge on any atom is 0.252 e. The van der Waals surface area contributed by atoms with E-state index in [2.05, 4.69) is 21.1 Å². The Morgan fingerprint density at radius 1 is 0.806 bits per heavy atom. The van der Waals surface area contributed by atoms with E-state index in [1.165, 1.54) is 24.2 Å². The van der Waals surface area contributed by atoms with E-state index in [1.54, 1.807) is 62.4 Å². The molecule has 9 heteroatoms. The fourth-order valence-corrected chi connectivity index (χ4v) is 3.20. The van der Waals surface area contributed by atoms with Gasteiger partial charge in [0.15, 0.2) is 0 Å². The van der Waals surface area contributed by atoms with Crippen molar-refractivity contribution >= 4 is 36.0 Å². The van der Waals surface area contributed by atoms with E-state index in [1.807, 2.05) is 12.1 Å². The molecule has 2 amide bonds. The molecule has 0 heterocycles. The zero-order chi connectivity index (χ0) is 22.6. The molecule has 0 spiro atoms. The molecule has 0 saturated heterocycles. The van der Waals surface area contributed by atoms with Gasteiger partial charge in [-0.15, -0.1) is 11.8 Å². The first-order valence-electron chi connectivity index (χ1n) is 9.24. The predicted molar refractivity (Wildman–Crippen MR) is 120 cm³/mol. The molecular formula is C22H20N6O2S. The predicted octanol–water partition coefficient (Wildman–Crippen LogP) is 2.54. The highest BCUT2D eigenvalue weighted by molar-refractivity contribution is 8.01. The SMILES string of the molecule is C[C@H](S[C@@H](C)C(=O)N/N=C/c1ccc(C#N)cc1)C(=O)N/N=C\c1ccc(C#N)cc1. The minimum absolute atomic E-state index is 0.337. The van der Waals surface area contributed by atoms with Gasteiger partial charge in [0.05, 0.1) is 46.2 Å². The summed E-state index contributed by atoms with van der Waals surface area (Å²) < 4.78 is 0. The van der Waals surface area contributed by atoms with Crippen LogP contribution in [-0.2, 0) is 9.59 Å². The highest BCUT2D eigenvalue weighted by Gasteiger charge is 2.21. The molecule has 0 aromatic heterocycles. The van der Waals surface area contributed by atoms with Gasteiger partial charge in [0.25, 0.3) is 11.8 Å². The lowest BCUT2D eigenvalue weighted by molar-refractivity contribution is -0.120. The largest absolute Gasteiger partial charge is 0.272 e. The first-order valence-corrected chi connectivity index (χ1v) is 10.2. The zero-order valence-electron chi connectivity index (χ0n) is 16.9. The van der Waals surface area contributed by atoms with E-state index in [9.17, 15) is 9.59 Å². The summed E-state index contributed by atoms with van der Waals surface area (Å²) in [6.07, 6.45) is 2.95.